The molecule has 0 radical (unpaired) electrons. The van der Waals surface area contributed by atoms with Crippen molar-refractivity contribution in [2.45, 2.75) is 57.5 Å². The Hall–Kier alpha value is -0.850. The molecule has 0 nitrogen and oxygen atoms in total. The standard InChI is InChI=1S/C15H21F/c1-14(2,3)13-7-5-12(6-8-13)11-15(16)9-4-10-15/h5-8H,4,9-11H2,1-3H3. The Balaban J connectivity index is 2.08. The molecule has 0 saturated heterocycles. The van der Waals surface area contributed by atoms with E-state index in [1.807, 2.05) is 0 Å². The number of rotatable bonds is 2. The van der Waals surface area contributed by atoms with Crippen LogP contribution in [-0.4, -0.2) is 5.67 Å². The SMILES string of the molecule is CC(C)(C)c1ccc(CC2(F)CCC2)cc1. The molecule has 1 fully saturated rings. The van der Waals surface area contributed by atoms with E-state index < -0.39 is 5.67 Å². The average Bonchev–Trinajstić information content (AvgIpc) is 2.15. The highest BCUT2D eigenvalue weighted by Gasteiger charge is 2.36. The molecule has 1 aliphatic rings. The van der Waals surface area contributed by atoms with Crippen LogP contribution in [0.3, 0.4) is 0 Å². The molecule has 1 aromatic carbocycles. The van der Waals surface area contributed by atoms with Crippen molar-refractivity contribution in [2.75, 3.05) is 0 Å². The van der Waals surface area contributed by atoms with Gasteiger partial charge >= 0.3 is 0 Å². The van der Waals surface area contributed by atoms with Gasteiger partial charge < -0.3 is 0 Å². The van der Waals surface area contributed by atoms with E-state index >= 15 is 0 Å². The van der Waals surface area contributed by atoms with Gasteiger partial charge in [-0.2, -0.15) is 0 Å². The predicted octanol–water partition coefficient (Wildman–Crippen LogP) is 4.42. The molecule has 0 bridgehead atoms. The van der Waals surface area contributed by atoms with Crippen LogP contribution in [0.5, 0.6) is 0 Å². The lowest BCUT2D eigenvalue weighted by molar-refractivity contribution is 0.0641. The summed E-state index contributed by atoms with van der Waals surface area (Å²) in [5.41, 5.74) is 1.74. The Morgan fingerprint density at radius 1 is 1.12 bits per heavy atom. The summed E-state index contributed by atoms with van der Waals surface area (Å²) in [6.45, 7) is 6.60. The first-order chi connectivity index (χ1) is 7.39. The highest BCUT2D eigenvalue weighted by atomic mass is 19.1. The van der Waals surface area contributed by atoms with Crippen LogP contribution in [0.4, 0.5) is 4.39 Å². The van der Waals surface area contributed by atoms with Gasteiger partial charge in [-0.25, -0.2) is 4.39 Å². The molecule has 1 aliphatic carbocycles. The van der Waals surface area contributed by atoms with Crippen molar-refractivity contribution >= 4 is 0 Å². The van der Waals surface area contributed by atoms with E-state index in [2.05, 4.69) is 45.0 Å². The number of benzene rings is 1. The second-order valence-corrected chi connectivity index (χ2v) is 6.13. The third kappa shape index (κ3) is 2.45. The Kier molecular flexibility index (Phi) is 2.81. The van der Waals surface area contributed by atoms with E-state index in [9.17, 15) is 4.39 Å². The zero-order chi connectivity index (χ0) is 11.8. The van der Waals surface area contributed by atoms with Gasteiger partial charge in [-0.1, -0.05) is 45.0 Å². The summed E-state index contributed by atoms with van der Waals surface area (Å²) in [5, 5.41) is 0. The van der Waals surface area contributed by atoms with Gasteiger partial charge in [-0.05, 0) is 35.8 Å². The molecular formula is C15H21F. The summed E-state index contributed by atoms with van der Waals surface area (Å²) < 4.78 is 13.9. The third-order valence-corrected chi connectivity index (χ3v) is 3.59. The fourth-order valence-electron chi connectivity index (χ4n) is 2.23. The van der Waals surface area contributed by atoms with Crippen LogP contribution in [-0.2, 0) is 11.8 Å². The number of hydrogen-bond donors (Lipinski definition) is 0. The van der Waals surface area contributed by atoms with Crippen LogP contribution in [0.2, 0.25) is 0 Å². The first kappa shape index (κ1) is 11.6. The van der Waals surface area contributed by atoms with E-state index in [1.165, 1.54) is 5.56 Å². The van der Waals surface area contributed by atoms with E-state index in [-0.39, 0.29) is 5.41 Å². The van der Waals surface area contributed by atoms with Gasteiger partial charge in [0.15, 0.2) is 0 Å². The minimum absolute atomic E-state index is 0.183. The lowest BCUT2D eigenvalue weighted by Gasteiger charge is -2.34. The first-order valence-electron chi connectivity index (χ1n) is 6.17. The topological polar surface area (TPSA) is 0 Å². The minimum atomic E-state index is -0.900. The lowest BCUT2D eigenvalue weighted by atomic mass is 9.77. The fraction of sp³-hybridized carbons (Fsp3) is 0.600. The zero-order valence-corrected chi connectivity index (χ0v) is 10.5. The Morgan fingerprint density at radius 3 is 2.06 bits per heavy atom. The third-order valence-electron chi connectivity index (χ3n) is 3.59. The highest BCUT2D eigenvalue weighted by molar-refractivity contribution is 5.28. The molecule has 2 rings (SSSR count). The van der Waals surface area contributed by atoms with Gasteiger partial charge in [-0.3, -0.25) is 0 Å². The van der Waals surface area contributed by atoms with Crippen molar-refractivity contribution < 1.29 is 4.39 Å². The predicted molar refractivity (Wildman–Crippen MR) is 66.5 cm³/mol. The number of alkyl halides is 1. The molecule has 1 aromatic rings. The maximum absolute atomic E-state index is 13.9. The molecule has 0 amide bonds. The molecule has 0 heterocycles. The molecule has 0 aliphatic heterocycles. The molecule has 1 heteroatoms. The van der Waals surface area contributed by atoms with E-state index in [0.29, 0.717) is 6.42 Å². The summed E-state index contributed by atoms with van der Waals surface area (Å²) >= 11 is 0. The number of hydrogen-bond acceptors (Lipinski definition) is 0. The quantitative estimate of drug-likeness (QED) is 0.692. The van der Waals surface area contributed by atoms with Crippen molar-refractivity contribution in [3.63, 3.8) is 0 Å². The van der Waals surface area contributed by atoms with Crippen LogP contribution in [0, 0.1) is 0 Å². The highest BCUT2D eigenvalue weighted by Crippen LogP contribution is 2.38. The zero-order valence-electron chi connectivity index (χ0n) is 10.5. The fourth-order valence-corrected chi connectivity index (χ4v) is 2.23. The van der Waals surface area contributed by atoms with Gasteiger partial charge in [0, 0.05) is 6.42 Å². The maximum atomic E-state index is 13.9. The molecular weight excluding hydrogens is 199 g/mol. The van der Waals surface area contributed by atoms with Gasteiger partial charge in [0.05, 0.1) is 0 Å². The average molecular weight is 220 g/mol. The summed E-state index contributed by atoms with van der Waals surface area (Å²) in [4.78, 5) is 0. The van der Waals surface area contributed by atoms with Crippen LogP contribution in [0.25, 0.3) is 0 Å². The van der Waals surface area contributed by atoms with Crippen molar-refractivity contribution in [3.8, 4) is 0 Å². The Labute approximate surface area is 97.9 Å². The first-order valence-corrected chi connectivity index (χ1v) is 6.17. The monoisotopic (exact) mass is 220 g/mol. The van der Waals surface area contributed by atoms with Gasteiger partial charge in [0.25, 0.3) is 0 Å². The Bertz CT molecular complexity index is 352. The van der Waals surface area contributed by atoms with Crippen LogP contribution in [0.1, 0.15) is 51.2 Å². The summed E-state index contributed by atoms with van der Waals surface area (Å²) in [5.74, 6) is 0. The van der Waals surface area contributed by atoms with Gasteiger partial charge in [0.2, 0.25) is 0 Å². The second-order valence-electron chi connectivity index (χ2n) is 6.13. The maximum Gasteiger partial charge on any atom is 0.115 e. The van der Waals surface area contributed by atoms with Crippen LogP contribution in [0.15, 0.2) is 24.3 Å². The molecule has 0 N–H and O–H groups in total. The molecule has 88 valence electrons. The van der Waals surface area contributed by atoms with Crippen LogP contribution < -0.4 is 0 Å². The Morgan fingerprint density at radius 2 is 1.69 bits per heavy atom. The minimum Gasteiger partial charge on any atom is -0.244 e. The summed E-state index contributed by atoms with van der Waals surface area (Å²) in [7, 11) is 0. The van der Waals surface area contributed by atoms with E-state index in [0.717, 1.165) is 24.8 Å². The summed E-state index contributed by atoms with van der Waals surface area (Å²) in [6, 6.07) is 8.44. The number of halogens is 1. The normalized spacial score (nSPS) is 19.2. The molecule has 1 saturated carbocycles. The van der Waals surface area contributed by atoms with Gasteiger partial charge in [-0.15, -0.1) is 0 Å². The second kappa shape index (κ2) is 3.87. The molecule has 0 spiro atoms. The largest absolute Gasteiger partial charge is 0.244 e. The lowest BCUT2D eigenvalue weighted by Crippen LogP contribution is -2.34. The van der Waals surface area contributed by atoms with Crippen molar-refractivity contribution in [1.29, 1.82) is 0 Å². The molecule has 16 heavy (non-hydrogen) atoms. The van der Waals surface area contributed by atoms with Gasteiger partial charge in [0.1, 0.15) is 5.67 Å². The molecule has 0 aromatic heterocycles. The summed E-state index contributed by atoms with van der Waals surface area (Å²) in [6.07, 6.45) is 3.13. The van der Waals surface area contributed by atoms with Crippen molar-refractivity contribution in [1.82, 2.24) is 0 Å². The van der Waals surface area contributed by atoms with E-state index in [1.54, 1.807) is 0 Å². The van der Waals surface area contributed by atoms with Crippen molar-refractivity contribution in [3.05, 3.63) is 35.4 Å². The van der Waals surface area contributed by atoms with Crippen molar-refractivity contribution in [2.24, 2.45) is 0 Å². The molecule has 0 unspecified atom stereocenters. The smallest absolute Gasteiger partial charge is 0.115 e. The van der Waals surface area contributed by atoms with E-state index in [4.69, 9.17) is 0 Å². The van der Waals surface area contributed by atoms with Crippen LogP contribution >= 0.6 is 0 Å². The molecule has 0 atom stereocenters.